The standard InChI is InChI=1S/C12H18N2O2S/c13-11-1-3-12(4-2-11)17(15)14-9-10-5-7-16-8-6-10/h1-4,10,14H,5-9,13H2. The van der Waals surface area contributed by atoms with Gasteiger partial charge in [-0.2, -0.15) is 0 Å². The molecule has 1 aliphatic rings. The minimum atomic E-state index is -1.14. The number of hydrogen-bond donors (Lipinski definition) is 2. The quantitative estimate of drug-likeness (QED) is 0.796. The number of nitrogens with one attached hydrogen (secondary N) is 1. The van der Waals surface area contributed by atoms with Gasteiger partial charge in [0.25, 0.3) is 0 Å². The van der Waals surface area contributed by atoms with Crippen molar-refractivity contribution >= 4 is 16.7 Å². The molecule has 0 saturated carbocycles. The third-order valence-corrected chi connectivity index (χ3v) is 4.07. The molecule has 1 heterocycles. The van der Waals surface area contributed by atoms with Crippen molar-refractivity contribution in [2.45, 2.75) is 17.7 Å². The second-order valence-corrected chi connectivity index (χ2v) is 5.54. The first-order chi connectivity index (χ1) is 8.25. The van der Waals surface area contributed by atoms with Crippen molar-refractivity contribution in [2.75, 3.05) is 25.5 Å². The second kappa shape index (κ2) is 6.14. The van der Waals surface area contributed by atoms with Crippen LogP contribution in [0.3, 0.4) is 0 Å². The SMILES string of the molecule is Nc1ccc(S(=O)NCC2CCOCC2)cc1. The largest absolute Gasteiger partial charge is 0.399 e. The zero-order valence-electron chi connectivity index (χ0n) is 9.72. The summed E-state index contributed by atoms with van der Waals surface area (Å²) in [6, 6.07) is 7.12. The Labute approximate surface area is 104 Å². The van der Waals surface area contributed by atoms with Crippen LogP contribution in [-0.4, -0.2) is 24.0 Å². The molecule has 1 saturated heterocycles. The van der Waals surface area contributed by atoms with Gasteiger partial charge in [-0.05, 0) is 43.0 Å². The molecule has 94 valence electrons. The molecule has 4 nitrogen and oxygen atoms in total. The van der Waals surface area contributed by atoms with Crippen LogP contribution in [-0.2, 0) is 15.7 Å². The van der Waals surface area contributed by atoms with Gasteiger partial charge in [0.15, 0.2) is 0 Å². The van der Waals surface area contributed by atoms with Crippen LogP contribution in [0.5, 0.6) is 0 Å². The lowest BCUT2D eigenvalue weighted by atomic mass is 10.0. The Morgan fingerprint density at radius 1 is 1.29 bits per heavy atom. The van der Waals surface area contributed by atoms with E-state index in [9.17, 15) is 4.21 Å². The van der Waals surface area contributed by atoms with E-state index >= 15 is 0 Å². The van der Waals surface area contributed by atoms with Crippen molar-refractivity contribution in [1.29, 1.82) is 0 Å². The summed E-state index contributed by atoms with van der Waals surface area (Å²) in [6.45, 7) is 2.42. The van der Waals surface area contributed by atoms with Gasteiger partial charge in [0, 0.05) is 25.4 Å². The molecular formula is C12H18N2O2S. The Morgan fingerprint density at radius 2 is 1.94 bits per heavy atom. The van der Waals surface area contributed by atoms with E-state index in [1.807, 2.05) is 0 Å². The van der Waals surface area contributed by atoms with Crippen LogP contribution < -0.4 is 10.5 Å². The fourth-order valence-electron chi connectivity index (χ4n) is 1.82. The number of nitrogens with two attached hydrogens (primary N) is 1. The van der Waals surface area contributed by atoms with Crippen molar-refractivity contribution < 1.29 is 8.95 Å². The lowest BCUT2D eigenvalue weighted by molar-refractivity contribution is 0.0679. The molecule has 17 heavy (non-hydrogen) atoms. The van der Waals surface area contributed by atoms with Crippen molar-refractivity contribution in [1.82, 2.24) is 4.72 Å². The maximum atomic E-state index is 11.9. The van der Waals surface area contributed by atoms with Crippen LogP contribution in [0.25, 0.3) is 0 Å². The van der Waals surface area contributed by atoms with E-state index in [2.05, 4.69) is 4.72 Å². The highest BCUT2D eigenvalue weighted by Gasteiger charge is 2.14. The average Bonchev–Trinajstić information content (AvgIpc) is 2.38. The van der Waals surface area contributed by atoms with Gasteiger partial charge in [-0.25, -0.2) is 8.93 Å². The molecule has 1 aromatic rings. The van der Waals surface area contributed by atoms with Crippen molar-refractivity contribution in [3.05, 3.63) is 24.3 Å². The average molecular weight is 254 g/mol. The minimum absolute atomic E-state index is 0.571. The minimum Gasteiger partial charge on any atom is -0.399 e. The first kappa shape index (κ1) is 12.5. The summed E-state index contributed by atoms with van der Waals surface area (Å²) in [5, 5.41) is 0. The third-order valence-electron chi connectivity index (χ3n) is 2.94. The Bertz CT molecular complexity index is 375. The van der Waals surface area contributed by atoms with Gasteiger partial charge in [0.05, 0.1) is 4.90 Å². The lowest BCUT2D eigenvalue weighted by Gasteiger charge is -2.21. The Hall–Kier alpha value is -0.910. The van der Waals surface area contributed by atoms with Gasteiger partial charge < -0.3 is 10.5 Å². The molecule has 1 unspecified atom stereocenters. The molecule has 0 amide bonds. The van der Waals surface area contributed by atoms with Gasteiger partial charge in [0.1, 0.15) is 11.0 Å². The van der Waals surface area contributed by atoms with E-state index in [0.29, 0.717) is 11.6 Å². The number of hydrogen-bond acceptors (Lipinski definition) is 3. The fourth-order valence-corrected chi connectivity index (χ4v) is 2.76. The number of ether oxygens (including phenoxy) is 1. The van der Waals surface area contributed by atoms with E-state index < -0.39 is 11.0 Å². The smallest absolute Gasteiger partial charge is 0.124 e. The summed E-state index contributed by atoms with van der Waals surface area (Å²) in [5.74, 6) is 0.571. The zero-order valence-corrected chi connectivity index (χ0v) is 10.5. The summed E-state index contributed by atoms with van der Waals surface area (Å²) in [7, 11) is -1.14. The van der Waals surface area contributed by atoms with Crippen molar-refractivity contribution in [3.8, 4) is 0 Å². The van der Waals surface area contributed by atoms with Crippen LogP contribution in [0.4, 0.5) is 5.69 Å². The predicted octanol–water partition coefficient (Wildman–Crippen LogP) is 1.31. The number of anilines is 1. The lowest BCUT2D eigenvalue weighted by Crippen LogP contribution is -2.29. The summed E-state index contributed by atoms with van der Waals surface area (Å²) >= 11 is 0. The fraction of sp³-hybridized carbons (Fsp3) is 0.500. The monoisotopic (exact) mass is 254 g/mol. The van der Waals surface area contributed by atoms with E-state index in [4.69, 9.17) is 10.5 Å². The highest BCUT2D eigenvalue weighted by molar-refractivity contribution is 7.83. The van der Waals surface area contributed by atoms with Crippen LogP contribution >= 0.6 is 0 Å². The van der Waals surface area contributed by atoms with Gasteiger partial charge in [-0.1, -0.05) is 0 Å². The maximum absolute atomic E-state index is 11.9. The molecule has 0 aliphatic carbocycles. The van der Waals surface area contributed by atoms with Gasteiger partial charge >= 0.3 is 0 Å². The topological polar surface area (TPSA) is 64.4 Å². The summed E-state index contributed by atoms with van der Waals surface area (Å²) in [6.07, 6.45) is 2.10. The number of nitrogen functional groups attached to an aromatic ring is 1. The molecule has 0 aromatic heterocycles. The van der Waals surface area contributed by atoms with E-state index in [-0.39, 0.29) is 0 Å². The van der Waals surface area contributed by atoms with Gasteiger partial charge in [-0.3, -0.25) is 0 Å². The Morgan fingerprint density at radius 3 is 2.59 bits per heavy atom. The van der Waals surface area contributed by atoms with Crippen LogP contribution in [0.15, 0.2) is 29.2 Å². The number of benzene rings is 1. The maximum Gasteiger partial charge on any atom is 0.124 e. The van der Waals surface area contributed by atoms with Crippen LogP contribution in [0.1, 0.15) is 12.8 Å². The Kier molecular flexibility index (Phi) is 4.53. The molecule has 1 atom stereocenters. The van der Waals surface area contributed by atoms with Crippen LogP contribution in [0.2, 0.25) is 0 Å². The summed E-state index contributed by atoms with van der Waals surface area (Å²) in [5.41, 5.74) is 6.27. The molecule has 0 spiro atoms. The molecule has 0 radical (unpaired) electrons. The second-order valence-electron chi connectivity index (χ2n) is 4.24. The van der Waals surface area contributed by atoms with E-state index in [1.165, 1.54) is 0 Å². The predicted molar refractivity (Wildman–Crippen MR) is 68.8 cm³/mol. The van der Waals surface area contributed by atoms with E-state index in [0.717, 1.165) is 37.5 Å². The molecular weight excluding hydrogens is 236 g/mol. The molecule has 0 bridgehead atoms. The molecule has 2 rings (SSSR count). The first-order valence-corrected chi connectivity index (χ1v) is 6.99. The molecule has 1 aromatic carbocycles. The number of rotatable bonds is 4. The third kappa shape index (κ3) is 3.80. The highest BCUT2D eigenvalue weighted by atomic mass is 32.2. The van der Waals surface area contributed by atoms with E-state index in [1.54, 1.807) is 24.3 Å². The van der Waals surface area contributed by atoms with Crippen molar-refractivity contribution in [3.63, 3.8) is 0 Å². The molecule has 1 fully saturated rings. The zero-order chi connectivity index (χ0) is 12.1. The molecule has 3 N–H and O–H groups in total. The highest BCUT2D eigenvalue weighted by Crippen LogP contribution is 2.14. The normalized spacial score (nSPS) is 19.1. The van der Waals surface area contributed by atoms with Gasteiger partial charge in [-0.15, -0.1) is 0 Å². The molecule has 5 heteroatoms. The van der Waals surface area contributed by atoms with Crippen LogP contribution in [0, 0.1) is 5.92 Å². The Balaban J connectivity index is 1.82. The molecule has 1 aliphatic heterocycles. The summed E-state index contributed by atoms with van der Waals surface area (Å²) < 4.78 is 20.3. The van der Waals surface area contributed by atoms with Crippen molar-refractivity contribution in [2.24, 2.45) is 5.92 Å². The first-order valence-electron chi connectivity index (χ1n) is 5.84. The summed E-state index contributed by atoms with van der Waals surface area (Å²) in [4.78, 5) is 0.770. The van der Waals surface area contributed by atoms with Gasteiger partial charge in [0.2, 0.25) is 0 Å².